The third kappa shape index (κ3) is 2.84. The molecule has 3 nitrogen and oxygen atoms in total. The fraction of sp³-hybridized carbons (Fsp3) is 0.308. The third-order valence-electron chi connectivity index (χ3n) is 2.67. The second-order valence-electron chi connectivity index (χ2n) is 3.96. The lowest BCUT2D eigenvalue weighted by atomic mass is 10.2. The summed E-state index contributed by atoms with van der Waals surface area (Å²) in [5, 5.41) is 7.65. The Morgan fingerprint density at radius 2 is 2.00 bits per heavy atom. The Labute approximate surface area is 100 Å². The van der Waals surface area contributed by atoms with E-state index in [4.69, 9.17) is 0 Å². The molecule has 0 aliphatic heterocycles. The van der Waals surface area contributed by atoms with E-state index >= 15 is 0 Å². The second-order valence-corrected chi connectivity index (χ2v) is 3.96. The molecule has 2 aromatic rings. The van der Waals surface area contributed by atoms with Gasteiger partial charge in [0.2, 0.25) is 0 Å². The van der Waals surface area contributed by atoms with E-state index in [1.807, 2.05) is 17.8 Å². The molecule has 0 fully saturated rings. The monoisotopic (exact) mass is 233 g/mol. The predicted octanol–water partition coefficient (Wildman–Crippen LogP) is 2.96. The molecule has 4 heteroatoms. The standard InChI is InChI=1S/C13H16FN3/c1-3-17-9-13(10(2)16-17)15-8-11-4-6-12(14)7-5-11/h4-7,9,15H,3,8H2,1-2H3. The normalized spacial score (nSPS) is 10.5. The molecule has 0 bridgehead atoms. The zero-order chi connectivity index (χ0) is 12.3. The molecule has 0 radical (unpaired) electrons. The highest BCUT2D eigenvalue weighted by Gasteiger charge is 2.03. The van der Waals surface area contributed by atoms with Crippen LogP contribution in [-0.2, 0) is 13.1 Å². The highest BCUT2D eigenvalue weighted by Crippen LogP contribution is 2.14. The Morgan fingerprint density at radius 3 is 2.59 bits per heavy atom. The first-order chi connectivity index (χ1) is 8.19. The molecule has 90 valence electrons. The van der Waals surface area contributed by atoms with Crippen LogP contribution in [0.15, 0.2) is 30.5 Å². The molecule has 0 atom stereocenters. The third-order valence-corrected chi connectivity index (χ3v) is 2.67. The van der Waals surface area contributed by atoms with Crippen molar-refractivity contribution in [3.8, 4) is 0 Å². The first-order valence-corrected chi connectivity index (χ1v) is 5.71. The molecule has 1 aromatic carbocycles. The lowest BCUT2D eigenvalue weighted by molar-refractivity contribution is 0.627. The van der Waals surface area contributed by atoms with Crippen LogP contribution in [0.5, 0.6) is 0 Å². The number of benzene rings is 1. The Hall–Kier alpha value is -1.84. The van der Waals surface area contributed by atoms with Gasteiger partial charge in [0.25, 0.3) is 0 Å². The Kier molecular flexibility index (Phi) is 3.42. The number of nitrogens with zero attached hydrogens (tertiary/aromatic N) is 2. The molecule has 0 aliphatic rings. The summed E-state index contributed by atoms with van der Waals surface area (Å²) in [6, 6.07) is 6.50. The van der Waals surface area contributed by atoms with E-state index in [1.54, 1.807) is 12.1 Å². The number of rotatable bonds is 4. The van der Waals surface area contributed by atoms with Crippen LogP contribution in [0, 0.1) is 12.7 Å². The average molecular weight is 233 g/mol. The van der Waals surface area contributed by atoms with E-state index in [1.165, 1.54) is 12.1 Å². The molecule has 0 saturated heterocycles. The number of hydrogen-bond acceptors (Lipinski definition) is 2. The van der Waals surface area contributed by atoms with Crippen molar-refractivity contribution in [2.75, 3.05) is 5.32 Å². The first-order valence-electron chi connectivity index (χ1n) is 5.71. The van der Waals surface area contributed by atoms with Crippen LogP contribution in [0.1, 0.15) is 18.2 Å². The summed E-state index contributed by atoms with van der Waals surface area (Å²) in [4.78, 5) is 0. The van der Waals surface area contributed by atoms with Gasteiger partial charge in [0.1, 0.15) is 5.82 Å². The van der Waals surface area contributed by atoms with Crippen molar-refractivity contribution in [2.45, 2.75) is 26.9 Å². The van der Waals surface area contributed by atoms with Crippen molar-refractivity contribution in [2.24, 2.45) is 0 Å². The highest BCUT2D eigenvalue weighted by atomic mass is 19.1. The number of nitrogens with one attached hydrogen (secondary N) is 1. The molecular weight excluding hydrogens is 217 g/mol. The van der Waals surface area contributed by atoms with Crippen LogP contribution in [0.2, 0.25) is 0 Å². The summed E-state index contributed by atoms with van der Waals surface area (Å²) in [6.45, 7) is 5.56. The summed E-state index contributed by atoms with van der Waals surface area (Å²) in [6.07, 6.45) is 1.98. The summed E-state index contributed by atoms with van der Waals surface area (Å²) in [5.41, 5.74) is 3.06. The molecule has 2 rings (SSSR count). The number of anilines is 1. The van der Waals surface area contributed by atoms with E-state index in [9.17, 15) is 4.39 Å². The molecule has 0 unspecified atom stereocenters. The maximum atomic E-state index is 12.7. The summed E-state index contributed by atoms with van der Waals surface area (Å²) in [5.74, 6) is -0.205. The number of hydrogen-bond donors (Lipinski definition) is 1. The zero-order valence-corrected chi connectivity index (χ0v) is 10.1. The number of aryl methyl sites for hydroxylation is 2. The van der Waals surface area contributed by atoms with Crippen molar-refractivity contribution < 1.29 is 4.39 Å². The smallest absolute Gasteiger partial charge is 0.123 e. The minimum Gasteiger partial charge on any atom is -0.378 e. The van der Waals surface area contributed by atoms with Crippen molar-refractivity contribution >= 4 is 5.69 Å². The lowest BCUT2D eigenvalue weighted by Crippen LogP contribution is -1.99. The van der Waals surface area contributed by atoms with Gasteiger partial charge in [0.15, 0.2) is 0 Å². The van der Waals surface area contributed by atoms with Gasteiger partial charge in [-0.05, 0) is 31.5 Å². The molecule has 0 amide bonds. The largest absolute Gasteiger partial charge is 0.378 e. The molecule has 0 aliphatic carbocycles. The van der Waals surface area contributed by atoms with Gasteiger partial charge in [0, 0.05) is 19.3 Å². The van der Waals surface area contributed by atoms with Gasteiger partial charge in [-0.15, -0.1) is 0 Å². The fourth-order valence-electron chi connectivity index (χ4n) is 1.65. The van der Waals surface area contributed by atoms with Gasteiger partial charge >= 0.3 is 0 Å². The van der Waals surface area contributed by atoms with Crippen LogP contribution in [0.3, 0.4) is 0 Å². The molecule has 1 N–H and O–H groups in total. The van der Waals surface area contributed by atoms with Crippen molar-refractivity contribution in [3.63, 3.8) is 0 Å². The van der Waals surface area contributed by atoms with Gasteiger partial charge < -0.3 is 5.32 Å². The average Bonchev–Trinajstić information content (AvgIpc) is 2.69. The number of halogens is 1. The van der Waals surface area contributed by atoms with Gasteiger partial charge in [-0.2, -0.15) is 5.10 Å². The topological polar surface area (TPSA) is 29.9 Å². The minimum atomic E-state index is -0.205. The van der Waals surface area contributed by atoms with Gasteiger partial charge in [-0.3, -0.25) is 4.68 Å². The van der Waals surface area contributed by atoms with Crippen molar-refractivity contribution in [3.05, 3.63) is 47.5 Å². The van der Waals surface area contributed by atoms with Gasteiger partial charge in [-0.25, -0.2) is 4.39 Å². The van der Waals surface area contributed by atoms with Gasteiger partial charge in [0.05, 0.1) is 11.4 Å². The molecule has 0 saturated carbocycles. The lowest BCUT2D eigenvalue weighted by Gasteiger charge is -2.04. The minimum absolute atomic E-state index is 0.205. The maximum absolute atomic E-state index is 12.7. The Balaban J connectivity index is 2.01. The zero-order valence-electron chi connectivity index (χ0n) is 10.1. The quantitative estimate of drug-likeness (QED) is 0.879. The maximum Gasteiger partial charge on any atom is 0.123 e. The molecule has 1 heterocycles. The highest BCUT2D eigenvalue weighted by molar-refractivity contribution is 5.46. The fourth-order valence-corrected chi connectivity index (χ4v) is 1.65. The van der Waals surface area contributed by atoms with Crippen LogP contribution >= 0.6 is 0 Å². The SMILES string of the molecule is CCn1cc(NCc2ccc(F)cc2)c(C)n1. The van der Waals surface area contributed by atoms with E-state index < -0.39 is 0 Å². The van der Waals surface area contributed by atoms with Crippen LogP contribution in [0.25, 0.3) is 0 Å². The Bertz CT molecular complexity index is 488. The van der Waals surface area contributed by atoms with E-state index in [-0.39, 0.29) is 5.82 Å². The molecule has 1 aromatic heterocycles. The van der Waals surface area contributed by atoms with Crippen LogP contribution in [-0.4, -0.2) is 9.78 Å². The van der Waals surface area contributed by atoms with Crippen LogP contribution < -0.4 is 5.32 Å². The van der Waals surface area contributed by atoms with E-state index in [2.05, 4.69) is 17.3 Å². The van der Waals surface area contributed by atoms with Crippen molar-refractivity contribution in [1.82, 2.24) is 9.78 Å². The number of aromatic nitrogens is 2. The predicted molar refractivity (Wildman–Crippen MR) is 66.4 cm³/mol. The van der Waals surface area contributed by atoms with Crippen LogP contribution in [0.4, 0.5) is 10.1 Å². The second kappa shape index (κ2) is 4.99. The molecule has 0 spiro atoms. The van der Waals surface area contributed by atoms with E-state index in [0.29, 0.717) is 6.54 Å². The van der Waals surface area contributed by atoms with Crippen molar-refractivity contribution in [1.29, 1.82) is 0 Å². The molecule has 17 heavy (non-hydrogen) atoms. The van der Waals surface area contributed by atoms with Gasteiger partial charge in [-0.1, -0.05) is 12.1 Å². The Morgan fingerprint density at radius 1 is 1.29 bits per heavy atom. The first kappa shape index (κ1) is 11.6. The summed E-state index contributed by atoms with van der Waals surface area (Å²) < 4.78 is 14.6. The summed E-state index contributed by atoms with van der Waals surface area (Å²) in [7, 11) is 0. The molecular formula is C13H16FN3. The summed E-state index contributed by atoms with van der Waals surface area (Å²) >= 11 is 0. The van der Waals surface area contributed by atoms with E-state index in [0.717, 1.165) is 23.5 Å².